The SMILES string of the molecule is CCCC(=O)N[C@@](C(=O)OCC)(N1CCCCC1)C(F)(F)F. The molecule has 1 amide bonds. The van der Waals surface area contributed by atoms with Crippen molar-refractivity contribution in [1.29, 1.82) is 0 Å². The summed E-state index contributed by atoms with van der Waals surface area (Å²) < 4.78 is 46.0. The van der Waals surface area contributed by atoms with Gasteiger partial charge in [0.15, 0.2) is 0 Å². The Morgan fingerprint density at radius 3 is 2.18 bits per heavy atom. The maximum Gasteiger partial charge on any atom is 0.436 e. The molecule has 1 fully saturated rings. The first-order valence-electron chi connectivity index (χ1n) is 7.59. The summed E-state index contributed by atoms with van der Waals surface area (Å²) >= 11 is 0. The topological polar surface area (TPSA) is 58.6 Å². The lowest BCUT2D eigenvalue weighted by Crippen LogP contribution is -2.74. The van der Waals surface area contributed by atoms with Gasteiger partial charge in [0, 0.05) is 19.5 Å². The van der Waals surface area contributed by atoms with Gasteiger partial charge in [-0.05, 0) is 26.2 Å². The van der Waals surface area contributed by atoms with Gasteiger partial charge in [0.2, 0.25) is 5.91 Å². The summed E-state index contributed by atoms with van der Waals surface area (Å²) in [7, 11) is 0. The molecule has 1 N–H and O–H groups in total. The number of nitrogens with zero attached hydrogens (tertiary/aromatic N) is 1. The van der Waals surface area contributed by atoms with Gasteiger partial charge >= 0.3 is 12.1 Å². The summed E-state index contributed by atoms with van der Waals surface area (Å²) in [6, 6.07) is 0. The maximum absolute atomic E-state index is 13.8. The minimum atomic E-state index is -4.96. The standard InChI is InChI=1S/C14H23F3N2O3/c1-3-8-11(20)18-13(14(15,16)17,12(21)22-4-2)19-9-6-5-7-10-19/h3-10H2,1-2H3,(H,18,20)/t13-/m0/s1. The molecule has 0 spiro atoms. The molecule has 1 aliphatic heterocycles. The van der Waals surface area contributed by atoms with E-state index in [0.717, 1.165) is 11.3 Å². The lowest BCUT2D eigenvalue weighted by Gasteiger charge is -2.44. The Morgan fingerprint density at radius 1 is 1.14 bits per heavy atom. The molecule has 8 heteroatoms. The van der Waals surface area contributed by atoms with Crippen LogP contribution in [0.2, 0.25) is 0 Å². The highest BCUT2D eigenvalue weighted by Crippen LogP contribution is 2.36. The normalized spacial score (nSPS) is 19.3. The van der Waals surface area contributed by atoms with Gasteiger partial charge in [-0.3, -0.25) is 9.69 Å². The Morgan fingerprint density at radius 2 is 1.73 bits per heavy atom. The summed E-state index contributed by atoms with van der Waals surface area (Å²) in [5.74, 6) is -2.27. The number of likely N-dealkylation sites (tertiary alicyclic amines) is 1. The van der Waals surface area contributed by atoms with E-state index in [9.17, 15) is 22.8 Å². The van der Waals surface area contributed by atoms with Gasteiger partial charge < -0.3 is 10.1 Å². The molecule has 0 aromatic rings. The van der Waals surface area contributed by atoms with Crippen LogP contribution in [-0.2, 0) is 14.3 Å². The highest BCUT2D eigenvalue weighted by molar-refractivity contribution is 5.88. The molecule has 0 aromatic carbocycles. The third-order valence-electron chi connectivity index (χ3n) is 3.61. The van der Waals surface area contributed by atoms with Gasteiger partial charge in [-0.2, -0.15) is 13.2 Å². The van der Waals surface area contributed by atoms with Crippen LogP contribution in [0.1, 0.15) is 46.0 Å². The van der Waals surface area contributed by atoms with Crippen LogP contribution in [0.25, 0.3) is 0 Å². The van der Waals surface area contributed by atoms with Gasteiger partial charge in [-0.25, -0.2) is 4.79 Å². The van der Waals surface area contributed by atoms with Crippen molar-refractivity contribution in [2.24, 2.45) is 0 Å². The summed E-state index contributed by atoms with van der Waals surface area (Å²) in [6.45, 7) is 3.10. The van der Waals surface area contributed by atoms with Crippen LogP contribution >= 0.6 is 0 Å². The fourth-order valence-electron chi connectivity index (χ4n) is 2.58. The number of piperidine rings is 1. The molecular weight excluding hydrogens is 301 g/mol. The monoisotopic (exact) mass is 324 g/mol. The Kier molecular flexibility index (Phi) is 6.65. The lowest BCUT2D eigenvalue weighted by atomic mass is 10.0. The van der Waals surface area contributed by atoms with E-state index in [1.165, 1.54) is 6.92 Å². The molecule has 1 rings (SSSR count). The van der Waals surface area contributed by atoms with Gasteiger partial charge in [0.05, 0.1) is 6.61 Å². The van der Waals surface area contributed by atoms with Crippen LogP contribution in [0.15, 0.2) is 0 Å². The number of esters is 1. The molecule has 1 aliphatic rings. The number of nitrogens with one attached hydrogen (secondary N) is 1. The van der Waals surface area contributed by atoms with E-state index in [-0.39, 0.29) is 26.1 Å². The minimum absolute atomic E-state index is 0.0783. The van der Waals surface area contributed by atoms with Crippen molar-refractivity contribution in [2.45, 2.75) is 57.8 Å². The molecule has 1 heterocycles. The quantitative estimate of drug-likeness (QED) is 0.761. The Labute approximate surface area is 128 Å². The highest BCUT2D eigenvalue weighted by atomic mass is 19.4. The molecule has 1 atom stereocenters. The molecule has 0 bridgehead atoms. The van der Waals surface area contributed by atoms with Crippen LogP contribution in [0, 0.1) is 0 Å². The number of alkyl halides is 3. The second-order valence-electron chi connectivity index (χ2n) is 5.27. The summed E-state index contributed by atoms with van der Waals surface area (Å²) in [4.78, 5) is 25.0. The molecule has 0 unspecified atom stereocenters. The van der Waals surface area contributed by atoms with Crippen molar-refractivity contribution in [1.82, 2.24) is 10.2 Å². The van der Waals surface area contributed by atoms with E-state index >= 15 is 0 Å². The van der Waals surface area contributed by atoms with Crippen LogP contribution in [0.5, 0.6) is 0 Å². The van der Waals surface area contributed by atoms with Crippen LogP contribution in [0.4, 0.5) is 13.2 Å². The van der Waals surface area contributed by atoms with Gasteiger partial charge in [-0.1, -0.05) is 13.3 Å². The summed E-state index contributed by atoms with van der Waals surface area (Å²) in [5, 5.41) is 1.91. The first-order valence-corrected chi connectivity index (χ1v) is 7.59. The van der Waals surface area contributed by atoms with E-state index in [2.05, 4.69) is 4.74 Å². The average molecular weight is 324 g/mol. The van der Waals surface area contributed by atoms with Crippen molar-refractivity contribution in [3.8, 4) is 0 Å². The Balaban J connectivity index is 3.22. The minimum Gasteiger partial charge on any atom is -0.463 e. The van der Waals surface area contributed by atoms with Crippen molar-refractivity contribution in [3.05, 3.63) is 0 Å². The van der Waals surface area contributed by atoms with Gasteiger partial charge in [-0.15, -0.1) is 0 Å². The number of hydrogen-bond donors (Lipinski definition) is 1. The molecule has 0 saturated carbocycles. The van der Waals surface area contributed by atoms with Crippen molar-refractivity contribution < 1.29 is 27.5 Å². The van der Waals surface area contributed by atoms with Crippen molar-refractivity contribution in [3.63, 3.8) is 0 Å². The third kappa shape index (κ3) is 3.91. The average Bonchev–Trinajstić information content (AvgIpc) is 2.45. The van der Waals surface area contributed by atoms with Crippen LogP contribution < -0.4 is 5.32 Å². The Bertz CT molecular complexity index is 395. The van der Waals surface area contributed by atoms with E-state index in [0.29, 0.717) is 19.3 Å². The predicted octanol–water partition coefficient (Wildman–Crippen LogP) is 2.21. The molecule has 1 saturated heterocycles. The zero-order valence-electron chi connectivity index (χ0n) is 13.0. The van der Waals surface area contributed by atoms with Gasteiger partial charge in [0.1, 0.15) is 0 Å². The number of carbonyl (C=O) groups excluding carboxylic acids is 2. The second kappa shape index (κ2) is 7.80. The number of amides is 1. The highest BCUT2D eigenvalue weighted by Gasteiger charge is 2.66. The van der Waals surface area contributed by atoms with E-state index in [1.807, 2.05) is 5.32 Å². The molecule has 128 valence electrons. The summed E-state index contributed by atoms with van der Waals surface area (Å²) in [5.41, 5.74) is -3.09. The summed E-state index contributed by atoms with van der Waals surface area (Å²) in [6.07, 6.45) is -2.76. The molecule has 0 radical (unpaired) electrons. The fourth-order valence-corrected chi connectivity index (χ4v) is 2.58. The van der Waals surface area contributed by atoms with E-state index in [1.54, 1.807) is 6.92 Å². The van der Waals surface area contributed by atoms with E-state index in [4.69, 9.17) is 0 Å². The van der Waals surface area contributed by atoms with Crippen LogP contribution in [-0.4, -0.2) is 48.3 Å². The number of carbonyl (C=O) groups is 2. The largest absolute Gasteiger partial charge is 0.463 e. The lowest BCUT2D eigenvalue weighted by molar-refractivity contribution is -0.251. The molecule has 0 aliphatic carbocycles. The number of hydrogen-bond acceptors (Lipinski definition) is 4. The molecule has 0 aromatic heterocycles. The predicted molar refractivity (Wildman–Crippen MR) is 73.9 cm³/mol. The fraction of sp³-hybridized carbons (Fsp3) is 0.857. The second-order valence-corrected chi connectivity index (χ2v) is 5.27. The number of halogens is 3. The number of rotatable bonds is 6. The van der Waals surface area contributed by atoms with Crippen molar-refractivity contribution >= 4 is 11.9 Å². The first kappa shape index (κ1) is 18.7. The third-order valence-corrected chi connectivity index (χ3v) is 3.61. The maximum atomic E-state index is 13.8. The Hall–Kier alpha value is -1.31. The van der Waals surface area contributed by atoms with Crippen molar-refractivity contribution in [2.75, 3.05) is 19.7 Å². The smallest absolute Gasteiger partial charge is 0.436 e. The van der Waals surface area contributed by atoms with Gasteiger partial charge in [0.25, 0.3) is 5.66 Å². The molecular formula is C14H23F3N2O3. The zero-order chi connectivity index (χ0) is 16.8. The van der Waals surface area contributed by atoms with Crippen LogP contribution in [0.3, 0.4) is 0 Å². The number of ether oxygens (including phenoxy) is 1. The first-order chi connectivity index (χ1) is 10.3. The zero-order valence-corrected chi connectivity index (χ0v) is 13.0. The molecule has 22 heavy (non-hydrogen) atoms. The van der Waals surface area contributed by atoms with E-state index < -0.39 is 23.7 Å². The molecule has 5 nitrogen and oxygen atoms in total.